The van der Waals surface area contributed by atoms with Gasteiger partial charge >= 0.3 is 5.97 Å². The van der Waals surface area contributed by atoms with Crippen molar-refractivity contribution in [1.82, 2.24) is 4.90 Å². The number of amides is 1. The van der Waals surface area contributed by atoms with Crippen LogP contribution in [0.15, 0.2) is 24.8 Å². The highest BCUT2D eigenvalue weighted by Crippen LogP contribution is 1.91. The lowest BCUT2D eigenvalue weighted by molar-refractivity contribution is -0.132. The number of hydrogen-bond donors (Lipinski definition) is 2. The number of aliphatic hydroxyl groups is 1. The SMILES string of the molecule is C=CCN(CCO)C(=O)/C=C/C(=O)O. The average Bonchev–Trinajstić information content (AvgIpc) is 2.14. The predicted octanol–water partition coefficient (Wildman–Crippen LogP) is -0.366. The molecule has 0 rings (SSSR count). The molecule has 0 aromatic carbocycles. The van der Waals surface area contributed by atoms with Gasteiger partial charge in [-0.1, -0.05) is 6.08 Å². The maximum Gasteiger partial charge on any atom is 0.328 e. The number of hydrogen-bond acceptors (Lipinski definition) is 3. The van der Waals surface area contributed by atoms with E-state index in [2.05, 4.69) is 6.58 Å². The van der Waals surface area contributed by atoms with Gasteiger partial charge in [-0.3, -0.25) is 4.79 Å². The molecule has 5 heteroatoms. The van der Waals surface area contributed by atoms with Crippen molar-refractivity contribution in [3.63, 3.8) is 0 Å². The molecule has 0 saturated carbocycles. The van der Waals surface area contributed by atoms with Crippen LogP contribution in [0.2, 0.25) is 0 Å². The Morgan fingerprint density at radius 2 is 2.00 bits per heavy atom. The molecule has 0 unspecified atom stereocenters. The third kappa shape index (κ3) is 5.10. The zero-order valence-corrected chi connectivity index (χ0v) is 7.72. The normalized spacial score (nSPS) is 10.1. The molecule has 0 spiro atoms. The Morgan fingerprint density at radius 1 is 1.36 bits per heavy atom. The minimum atomic E-state index is -1.18. The summed E-state index contributed by atoms with van der Waals surface area (Å²) in [6.07, 6.45) is 3.21. The van der Waals surface area contributed by atoms with Gasteiger partial charge in [0.25, 0.3) is 0 Å². The highest BCUT2D eigenvalue weighted by Gasteiger charge is 2.07. The summed E-state index contributed by atoms with van der Waals surface area (Å²) in [7, 11) is 0. The van der Waals surface area contributed by atoms with E-state index in [1.807, 2.05) is 0 Å². The van der Waals surface area contributed by atoms with E-state index in [9.17, 15) is 9.59 Å². The lowest BCUT2D eigenvalue weighted by atomic mass is 10.4. The van der Waals surface area contributed by atoms with Crippen LogP contribution in [0.5, 0.6) is 0 Å². The molecule has 0 aromatic rings. The summed E-state index contributed by atoms with van der Waals surface area (Å²) < 4.78 is 0. The first-order valence-corrected chi connectivity index (χ1v) is 4.03. The van der Waals surface area contributed by atoms with Crippen molar-refractivity contribution >= 4 is 11.9 Å². The fraction of sp³-hybridized carbons (Fsp3) is 0.333. The van der Waals surface area contributed by atoms with Gasteiger partial charge in [0.1, 0.15) is 0 Å². The number of nitrogens with zero attached hydrogens (tertiary/aromatic N) is 1. The fourth-order valence-corrected chi connectivity index (χ4v) is 0.816. The smallest absolute Gasteiger partial charge is 0.328 e. The molecular formula is C9H13NO4. The Morgan fingerprint density at radius 3 is 2.43 bits per heavy atom. The molecule has 14 heavy (non-hydrogen) atoms. The molecule has 0 aromatic heterocycles. The molecule has 1 amide bonds. The van der Waals surface area contributed by atoms with Crippen molar-refractivity contribution in [2.75, 3.05) is 19.7 Å². The number of carboxylic acid groups (broad SMARTS) is 1. The van der Waals surface area contributed by atoms with Gasteiger partial charge < -0.3 is 15.1 Å². The van der Waals surface area contributed by atoms with Crippen LogP contribution in [0.1, 0.15) is 0 Å². The van der Waals surface area contributed by atoms with Gasteiger partial charge in [0, 0.05) is 25.2 Å². The largest absolute Gasteiger partial charge is 0.478 e. The fourth-order valence-electron chi connectivity index (χ4n) is 0.816. The monoisotopic (exact) mass is 199 g/mol. The molecule has 0 fully saturated rings. The van der Waals surface area contributed by atoms with Gasteiger partial charge in [0.05, 0.1) is 6.61 Å². The second kappa shape index (κ2) is 6.85. The molecule has 2 N–H and O–H groups in total. The lowest BCUT2D eigenvalue weighted by Gasteiger charge is -2.17. The van der Waals surface area contributed by atoms with Crippen molar-refractivity contribution in [3.8, 4) is 0 Å². The van der Waals surface area contributed by atoms with E-state index >= 15 is 0 Å². The van der Waals surface area contributed by atoms with Crippen LogP contribution in [0.3, 0.4) is 0 Å². The first-order chi connectivity index (χ1) is 6.61. The first kappa shape index (κ1) is 12.4. The summed E-state index contributed by atoms with van der Waals surface area (Å²) in [6.45, 7) is 3.72. The molecule has 0 aliphatic rings. The van der Waals surface area contributed by atoms with Gasteiger partial charge in [-0.25, -0.2) is 4.79 Å². The van der Waals surface area contributed by atoms with E-state index in [-0.39, 0.29) is 19.7 Å². The average molecular weight is 199 g/mol. The van der Waals surface area contributed by atoms with Crippen molar-refractivity contribution in [2.45, 2.75) is 0 Å². The highest BCUT2D eigenvalue weighted by atomic mass is 16.4. The maximum atomic E-state index is 11.2. The summed E-state index contributed by atoms with van der Waals surface area (Å²) in [5.74, 6) is -1.64. The van der Waals surface area contributed by atoms with E-state index in [0.29, 0.717) is 0 Å². The summed E-state index contributed by atoms with van der Waals surface area (Å²) in [5.41, 5.74) is 0. The number of aliphatic carboxylic acids is 1. The summed E-state index contributed by atoms with van der Waals surface area (Å²) in [5, 5.41) is 16.9. The Bertz CT molecular complexity index is 247. The first-order valence-electron chi connectivity index (χ1n) is 4.03. The minimum Gasteiger partial charge on any atom is -0.478 e. The van der Waals surface area contributed by atoms with E-state index in [1.165, 1.54) is 11.0 Å². The summed E-state index contributed by atoms with van der Waals surface area (Å²) >= 11 is 0. The molecule has 0 aliphatic heterocycles. The molecular weight excluding hydrogens is 186 g/mol. The highest BCUT2D eigenvalue weighted by molar-refractivity contribution is 5.93. The molecule has 78 valence electrons. The third-order valence-electron chi connectivity index (χ3n) is 1.40. The molecule has 0 radical (unpaired) electrons. The molecule has 0 aliphatic carbocycles. The van der Waals surface area contributed by atoms with E-state index in [4.69, 9.17) is 10.2 Å². The number of carboxylic acids is 1. The number of carbonyl (C=O) groups is 2. The van der Waals surface area contributed by atoms with Crippen LogP contribution in [0, 0.1) is 0 Å². The Kier molecular flexibility index (Phi) is 6.06. The number of aliphatic hydroxyl groups excluding tert-OH is 1. The maximum absolute atomic E-state index is 11.2. The zero-order chi connectivity index (χ0) is 11.0. The second-order valence-corrected chi connectivity index (χ2v) is 2.47. The van der Waals surface area contributed by atoms with Crippen LogP contribution < -0.4 is 0 Å². The quantitative estimate of drug-likeness (QED) is 0.452. The van der Waals surface area contributed by atoms with Gasteiger partial charge in [-0.15, -0.1) is 6.58 Å². The Balaban J connectivity index is 4.27. The molecule has 0 bridgehead atoms. The topological polar surface area (TPSA) is 77.8 Å². The number of carbonyl (C=O) groups excluding carboxylic acids is 1. The standard InChI is InChI=1S/C9H13NO4/c1-2-5-10(6-7-11)8(12)3-4-9(13)14/h2-4,11H,1,5-7H2,(H,13,14)/b4-3+. The van der Waals surface area contributed by atoms with Gasteiger partial charge in [-0.2, -0.15) is 0 Å². The van der Waals surface area contributed by atoms with Crippen LogP contribution in [-0.4, -0.2) is 46.7 Å². The van der Waals surface area contributed by atoms with Crippen molar-refractivity contribution in [3.05, 3.63) is 24.8 Å². The zero-order valence-electron chi connectivity index (χ0n) is 7.72. The minimum absolute atomic E-state index is 0.162. The van der Waals surface area contributed by atoms with Gasteiger partial charge in [0.2, 0.25) is 5.91 Å². The predicted molar refractivity (Wildman–Crippen MR) is 50.6 cm³/mol. The van der Waals surface area contributed by atoms with Crippen LogP contribution in [-0.2, 0) is 9.59 Å². The molecule has 0 atom stereocenters. The Labute approximate surface area is 82.0 Å². The van der Waals surface area contributed by atoms with Crippen molar-refractivity contribution in [1.29, 1.82) is 0 Å². The van der Waals surface area contributed by atoms with Crippen molar-refractivity contribution in [2.24, 2.45) is 0 Å². The Hall–Kier alpha value is -1.62. The van der Waals surface area contributed by atoms with E-state index in [1.54, 1.807) is 0 Å². The van der Waals surface area contributed by atoms with Crippen LogP contribution in [0.25, 0.3) is 0 Å². The van der Waals surface area contributed by atoms with Gasteiger partial charge in [-0.05, 0) is 0 Å². The molecule has 5 nitrogen and oxygen atoms in total. The van der Waals surface area contributed by atoms with Crippen molar-refractivity contribution < 1.29 is 19.8 Å². The third-order valence-corrected chi connectivity index (χ3v) is 1.40. The van der Waals surface area contributed by atoms with Crippen LogP contribution >= 0.6 is 0 Å². The lowest BCUT2D eigenvalue weighted by Crippen LogP contribution is -2.32. The summed E-state index contributed by atoms with van der Waals surface area (Å²) in [4.78, 5) is 22.6. The van der Waals surface area contributed by atoms with Gasteiger partial charge in [0.15, 0.2) is 0 Å². The van der Waals surface area contributed by atoms with Crippen LogP contribution in [0.4, 0.5) is 0 Å². The summed E-state index contributed by atoms with van der Waals surface area (Å²) in [6, 6.07) is 0. The molecule has 0 heterocycles. The number of rotatable bonds is 6. The molecule has 0 saturated heterocycles. The van der Waals surface area contributed by atoms with E-state index < -0.39 is 11.9 Å². The van der Waals surface area contributed by atoms with E-state index in [0.717, 1.165) is 12.2 Å². The second-order valence-electron chi connectivity index (χ2n) is 2.47.